The van der Waals surface area contributed by atoms with Gasteiger partial charge in [-0.3, -0.25) is 0 Å². The van der Waals surface area contributed by atoms with Gasteiger partial charge in [0.2, 0.25) is 5.89 Å². The summed E-state index contributed by atoms with van der Waals surface area (Å²) in [7, 11) is 0. The lowest BCUT2D eigenvalue weighted by Gasteiger charge is -2.31. The molecule has 0 spiro atoms. The lowest BCUT2D eigenvalue weighted by atomic mass is 9.98. The standard InChI is InChI=1S/C17H18F2N4O2/c18-12-5-6-13(19)14(8-12)20-17(24)23-7-1-2-11(9-23)16-21-15(22-25-16)10-3-4-10/h5-6,8,10-11H,1-4,7,9H2,(H,20,24). The molecule has 1 aliphatic heterocycles. The number of piperidine rings is 1. The van der Waals surface area contributed by atoms with Crippen molar-refractivity contribution in [3.8, 4) is 0 Å². The minimum Gasteiger partial charge on any atom is -0.339 e. The van der Waals surface area contributed by atoms with Gasteiger partial charge in [0, 0.05) is 25.1 Å². The van der Waals surface area contributed by atoms with Crippen LogP contribution in [-0.4, -0.2) is 34.2 Å². The van der Waals surface area contributed by atoms with Crippen LogP contribution in [0.5, 0.6) is 0 Å². The minimum atomic E-state index is -0.672. The summed E-state index contributed by atoms with van der Waals surface area (Å²) in [4.78, 5) is 18.4. The molecular formula is C17H18F2N4O2. The second-order valence-corrected chi connectivity index (χ2v) is 6.60. The van der Waals surface area contributed by atoms with E-state index in [1.165, 1.54) is 0 Å². The highest BCUT2D eigenvalue weighted by Gasteiger charge is 2.32. The number of carbonyl (C=O) groups is 1. The Balaban J connectivity index is 1.43. The Bertz CT molecular complexity index is 791. The van der Waals surface area contributed by atoms with Crippen LogP contribution in [-0.2, 0) is 0 Å². The van der Waals surface area contributed by atoms with Gasteiger partial charge in [-0.05, 0) is 37.8 Å². The van der Waals surface area contributed by atoms with E-state index in [9.17, 15) is 13.6 Å². The van der Waals surface area contributed by atoms with Gasteiger partial charge in [-0.25, -0.2) is 13.6 Å². The summed E-state index contributed by atoms with van der Waals surface area (Å²) in [6.07, 6.45) is 3.82. The average Bonchev–Trinajstić information content (AvgIpc) is 3.35. The number of aromatic nitrogens is 2. The summed E-state index contributed by atoms with van der Waals surface area (Å²) >= 11 is 0. The first-order chi connectivity index (χ1) is 12.1. The van der Waals surface area contributed by atoms with Crippen molar-refractivity contribution < 1.29 is 18.1 Å². The molecule has 1 saturated carbocycles. The van der Waals surface area contributed by atoms with Crippen LogP contribution >= 0.6 is 0 Å². The van der Waals surface area contributed by atoms with Crippen LogP contribution in [0.2, 0.25) is 0 Å². The third-order valence-corrected chi connectivity index (χ3v) is 4.63. The molecular weight excluding hydrogens is 330 g/mol. The van der Waals surface area contributed by atoms with Gasteiger partial charge in [0.1, 0.15) is 11.6 Å². The molecule has 1 aromatic heterocycles. The zero-order valence-electron chi connectivity index (χ0n) is 13.5. The van der Waals surface area contributed by atoms with E-state index in [1.807, 2.05) is 0 Å². The zero-order chi connectivity index (χ0) is 17.4. The van der Waals surface area contributed by atoms with Crippen LogP contribution in [0.3, 0.4) is 0 Å². The molecule has 1 aromatic carbocycles. The van der Waals surface area contributed by atoms with Crippen LogP contribution in [0, 0.1) is 11.6 Å². The molecule has 132 valence electrons. The number of anilines is 1. The number of likely N-dealkylation sites (tertiary alicyclic amines) is 1. The highest BCUT2D eigenvalue weighted by atomic mass is 19.1. The van der Waals surface area contributed by atoms with E-state index in [2.05, 4.69) is 15.5 Å². The first kappa shape index (κ1) is 16.0. The molecule has 1 saturated heterocycles. The normalized spacial score (nSPS) is 20.6. The lowest BCUT2D eigenvalue weighted by Crippen LogP contribution is -2.41. The summed E-state index contributed by atoms with van der Waals surface area (Å²) in [5.74, 6) is 0.406. The maximum atomic E-state index is 13.7. The molecule has 8 heteroatoms. The number of nitrogens with one attached hydrogen (secondary N) is 1. The molecule has 2 heterocycles. The van der Waals surface area contributed by atoms with Crippen molar-refractivity contribution in [3.05, 3.63) is 41.5 Å². The molecule has 25 heavy (non-hydrogen) atoms. The number of hydrogen-bond acceptors (Lipinski definition) is 4. The Morgan fingerprint density at radius 3 is 2.88 bits per heavy atom. The monoisotopic (exact) mass is 348 g/mol. The van der Waals surface area contributed by atoms with E-state index in [1.54, 1.807) is 4.90 Å². The van der Waals surface area contributed by atoms with Crippen molar-refractivity contribution >= 4 is 11.7 Å². The van der Waals surface area contributed by atoms with Crippen LogP contribution in [0.1, 0.15) is 49.2 Å². The molecule has 4 rings (SSSR count). The smallest absolute Gasteiger partial charge is 0.321 e. The van der Waals surface area contributed by atoms with E-state index in [-0.39, 0.29) is 11.6 Å². The average molecular weight is 348 g/mol. The number of benzene rings is 1. The van der Waals surface area contributed by atoms with Crippen molar-refractivity contribution in [2.45, 2.75) is 37.5 Å². The summed E-state index contributed by atoms with van der Waals surface area (Å²) in [6, 6.07) is 2.50. The first-order valence-corrected chi connectivity index (χ1v) is 8.44. The second kappa shape index (κ2) is 6.42. The highest BCUT2D eigenvalue weighted by molar-refractivity contribution is 5.89. The van der Waals surface area contributed by atoms with Gasteiger partial charge in [-0.2, -0.15) is 4.98 Å². The van der Waals surface area contributed by atoms with Crippen molar-refractivity contribution in [1.29, 1.82) is 0 Å². The Morgan fingerprint density at radius 2 is 2.08 bits per heavy atom. The number of nitrogens with zero attached hydrogens (tertiary/aromatic N) is 3. The predicted octanol–water partition coefficient (Wildman–Crippen LogP) is 3.64. The summed E-state index contributed by atoms with van der Waals surface area (Å²) < 4.78 is 32.3. The van der Waals surface area contributed by atoms with E-state index >= 15 is 0 Å². The molecule has 6 nitrogen and oxygen atoms in total. The van der Waals surface area contributed by atoms with Gasteiger partial charge in [0.25, 0.3) is 0 Å². The maximum absolute atomic E-state index is 13.7. The fourth-order valence-corrected chi connectivity index (χ4v) is 3.07. The summed E-state index contributed by atoms with van der Waals surface area (Å²) in [5.41, 5.74) is -0.166. The van der Waals surface area contributed by atoms with Gasteiger partial charge < -0.3 is 14.7 Å². The molecule has 1 aliphatic carbocycles. The molecule has 2 fully saturated rings. The van der Waals surface area contributed by atoms with Gasteiger partial charge in [-0.15, -0.1) is 0 Å². The summed E-state index contributed by atoms with van der Waals surface area (Å²) in [5, 5.41) is 6.45. The summed E-state index contributed by atoms with van der Waals surface area (Å²) in [6.45, 7) is 0.956. The molecule has 0 radical (unpaired) electrons. The van der Waals surface area contributed by atoms with Crippen LogP contribution in [0.4, 0.5) is 19.3 Å². The SMILES string of the molecule is O=C(Nc1cc(F)ccc1F)N1CCCC(c2nc(C3CC3)no2)C1. The minimum absolute atomic E-state index is 0.0307. The number of hydrogen-bond donors (Lipinski definition) is 1. The zero-order valence-corrected chi connectivity index (χ0v) is 13.5. The molecule has 2 aliphatic rings. The molecule has 2 amide bonds. The number of rotatable bonds is 3. The van der Waals surface area contributed by atoms with E-state index in [4.69, 9.17) is 4.52 Å². The number of urea groups is 1. The fraction of sp³-hybridized carbons (Fsp3) is 0.471. The lowest BCUT2D eigenvalue weighted by molar-refractivity contribution is 0.184. The Kier molecular flexibility index (Phi) is 4.10. The molecule has 1 unspecified atom stereocenters. The van der Waals surface area contributed by atoms with Crippen LogP contribution < -0.4 is 5.32 Å². The first-order valence-electron chi connectivity index (χ1n) is 8.44. The predicted molar refractivity (Wildman–Crippen MR) is 85.2 cm³/mol. The van der Waals surface area contributed by atoms with Gasteiger partial charge in [0.05, 0.1) is 11.6 Å². The number of halogens is 2. The van der Waals surface area contributed by atoms with Gasteiger partial charge >= 0.3 is 6.03 Å². The van der Waals surface area contributed by atoms with E-state index in [0.717, 1.165) is 49.7 Å². The number of carbonyl (C=O) groups excluding carboxylic acids is 1. The number of amides is 2. The van der Waals surface area contributed by atoms with E-state index < -0.39 is 17.7 Å². The Labute approximate surface area is 143 Å². The highest BCUT2D eigenvalue weighted by Crippen LogP contribution is 2.39. The maximum Gasteiger partial charge on any atom is 0.321 e. The van der Waals surface area contributed by atoms with E-state index in [0.29, 0.717) is 24.9 Å². The molecule has 2 aromatic rings. The fourth-order valence-electron chi connectivity index (χ4n) is 3.07. The molecule has 1 atom stereocenters. The molecule has 0 bridgehead atoms. The van der Waals surface area contributed by atoms with Crippen LogP contribution in [0.15, 0.2) is 22.7 Å². The topological polar surface area (TPSA) is 71.3 Å². The third kappa shape index (κ3) is 3.47. The van der Waals surface area contributed by atoms with Gasteiger partial charge in [0.15, 0.2) is 5.82 Å². The third-order valence-electron chi connectivity index (χ3n) is 4.63. The van der Waals surface area contributed by atoms with Gasteiger partial charge in [-0.1, -0.05) is 5.16 Å². The van der Waals surface area contributed by atoms with Crippen molar-refractivity contribution in [1.82, 2.24) is 15.0 Å². The Morgan fingerprint density at radius 1 is 1.24 bits per heavy atom. The quantitative estimate of drug-likeness (QED) is 0.919. The van der Waals surface area contributed by atoms with Crippen LogP contribution in [0.25, 0.3) is 0 Å². The van der Waals surface area contributed by atoms with Crippen molar-refractivity contribution in [2.75, 3.05) is 18.4 Å². The Hall–Kier alpha value is -2.51. The molecule has 1 N–H and O–H groups in total. The second-order valence-electron chi connectivity index (χ2n) is 6.60. The van der Waals surface area contributed by atoms with Crippen molar-refractivity contribution in [3.63, 3.8) is 0 Å². The van der Waals surface area contributed by atoms with Crippen molar-refractivity contribution in [2.24, 2.45) is 0 Å². The largest absolute Gasteiger partial charge is 0.339 e.